The minimum absolute atomic E-state index is 0.360. The first kappa shape index (κ1) is 17.7. The number of hydrogen-bond donors (Lipinski definition) is 0. The number of aryl methyl sites for hydroxylation is 1. The summed E-state index contributed by atoms with van der Waals surface area (Å²) in [6.45, 7) is 0. The smallest absolute Gasteiger partial charge is 0.279 e. The molecule has 0 N–H and O–H groups in total. The van der Waals surface area contributed by atoms with Gasteiger partial charge in [-0.2, -0.15) is 4.98 Å². The molecule has 0 atom stereocenters. The predicted octanol–water partition coefficient (Wildman–Crippen LogP) is 3.11. The monoisotopic (exact) mass is 449 g/mol. The molecule has 0 amide bonds. The highest BCUT2D eigenvalue weighted by Gasteiger charge is 2.21. The molecule has 2 aromatic carbocycles. The van der Waals surface area contributed by atoms with Gasteiger partial charge in [0, 0.05) is 36.0 Å². The molecule has 0 saturated heterocycles. The molecule has 3 heterocycles. The van der Waals surface area contributed by atoms with Crippen LogP contribution in [0.1, 0.15) is 0 Å². The zero-order valence-electron chi connectivity index (χ0n) is 15.7. The van der Waals surface area contributed by atoms with E-state index in [4.69, 9.17) is 0 Å². The third-order valence-corrected chi connectivity index (χ3v) is 5.65. The zero-order chi connectivity index (χ0) is 20.3. The Balaban J connectivity index is 1.97. The topological polar surface area (TPSA) is 66.2 Å². The standard InChI is InChI=1S/C21H16BrN5O2/c1-24-18-17(19(28)25(2)21(24)29)26-12-16(13-6-4-3-5-7-13)27(20(26)23-18)15-10-8-14(22)9-11-15/h3-12H,1-2H3. The minimum atomic E-state index is -0.401. The molecule has 0 radical (unpaired) electrons. The van der Waals surface area contributed by atoms with E-state index in [0.717, 1.165) is 26.0 Å². The van der Waals surface area contributed by atoms with Crippen LogP contribution in [0.15, 0.2) is 74.9 Å². The summed E-state index contributed by atoms with van der Waals surface area (Å²) in [5.41, 5.74) is 2.75. The normalized spacial score (nSPS) is 11.6. The first-order valence-electron chi connectivity index (χ1n) is 8.98. The Bertz CT molecular complexity index is 1510. The van der Waals surface area contributed by atoms with E-state index < -0.39 is 5.69 Å². The number of rotatable bonds is 2. The summed E-state index contributed by atoms with van der Waals surface area (Å²) in [5.74, 6) is 0.569. The molecule has 7 nitrogen and oxygen atoms in total. The first-order chi connectivity index (χ1) is 14.0. The fourth-order valence-corrected chi connectivity index (χ4v) is 3.89. The maximum atomic E-state index is 12.9. The highest BCUT2D eigenvalue weighted by Crippen LogP contribution is 2.29. The molecular weight excluding hydrogens is 434 g/mol. The molecule has 0 fully saturated rings. The van der Waals surface area contributed by atoms with E-state index in [-0.39, 0.29) is 5.56 Å². The summed E-state index contributed by atoms with van der Waals surface area (Å²) >= 11 is 3.47. The molecular formula is C21H16BrN5O2. The van der Waals surface area contributed by atoms with Crippen LogP contribution in [0.4, 0.5) is 0 Å². The largest absolute Gasteiger partial charge is 0.332 e. The summed E-state index contributed by atoms with van der Waals surface area (Å²) in [7, 11) is 3.10. The molecule has 0 unspecified atom stereocenters. The van der Waals surface area contributed by atoms with Crippen LogP contribution in [-0.4, -0.2) is 23.1 Å². The average molecular weight is 450 g/mol. The van der Waals surface area contributed by atoms with Crippen LogP contribution < -0.4 is 11.2 Å². The van der Waals surface area contributed by atoms with E-state index in [1.54, 1.807) is 11.4 Å². The van der Waals surface area contributed by atoms with Crippen molar-refractivity contribution in [3.8, 4) is 16.9 Å². The maximum absolute atomic E-state index is 12.9. The highest BCUT2D eigenvalue weighted by molar-refractivity contribution is 9.10. The SMILES string of the molecule is Cn1c(=O)c2c(nc3n(-c4ccc(Br)cc4)c(-c4ccccc4)cn23)n(C)c1=O. The predicted molar refractivity (Wildman–Crippen MR) is 116 cm³/mol. The van der Waals surface area contributed by atoms with E-state index in [0.29, 0.717) is 16.9 Å². The van der Waals surface area contributed by atoms with Crippen LogP contribution in [0.2, 0.25) is 0 Å². The van der Waals surface area contributed by atoms with Gasteiger partial charge in [-0.05, 0) is 24.3 Å². The lowest BCUT2D eigenvalue weighted by atomic mass is 10.1. The third kappa shape index (κ3) is 2.52. The summed E-state index contributed by atoms with van der Waals surface area (Å²) in [4.78, 5) is 29.9. The number of nitrogens with zero attached hydrogens (tertiary/aromatic N) is 5. The molecule has 0 saturated carbocycles. The highest BCUT2D eigenvalue weighted by atomic mass is 79.9. The quantitative estimate of drug-likeness (QED) is 0.415. The van der Waals surface area contributed by atoms with Gasteiger partial charge in [0.2, 0.25) is 5.78 Å². The molecule has 29 heavy (non-hydrogen) atoms. The molecule has 5 rings (SSSR count). The molecule has 5 aromatic rings. The molecule has 0 aliphatic heterocycles. The molecule has 8 heteroatoms. The van der Waals surface area contributed by atoms with Crippen molar-refractivity contribution in [2.45, 2.75) is 0 Å². The van der Waals surface area contributed by atoms with Crippen molar-refractivity contribution in [3.05, 3.63) is 86.1 Å². The van der Waals surface area contributed by atoms with Crippen molar-refractivity contribution >= 4 is 32.9 Å². The summed E-state index contributed by atoms with van der Waals surface area (Å²) < 4.78 is 7.23. The van der Waals surface area contributed by atoms with E-state index in [1.165, 1.54) is 11.6 Å². The van der Waals surface area contributed by atoms with Crippen LogP contribution in [0, 0.1) is 0 Å². The Morgan fingerprint density at radius 1 is 0.897 bits per heavy atom. The second kappa shape index (κ2) is 6.31. The Morgan fingerprint density at radius 2 is 1.59 bits per heavy atom. The van der Waals surface area contributed by atoms with Crippen LogP contribution in [-0.2, 0) is 14.1 Å². The van der Waals surface area contributed by atoms with E-state index in [1.807, 2.05) is 65.4 Å². The van der Waals surface area contributed by atoms with Crippen LogP contribution in [0.5, 0.6) is 0 Å². The minimum Gasteiger partial charge on any atom is -0.279 e. The molecule has 0 aliphatic rings. The van der Waals surface area contributed by atoms with Crippen molar-refractivity contribution in [3.63, 3.8) is 0 Å². The van der Waals surface area contributed by atoms with Crippen molar-refractivity contribution in [1.29, 1.82) is 0 Å². The van der Waals surface area contributed by atoms with Gasteiger partial charge in [-0.25, -0.2) is 4.79 Å². The van der Waals surface area contributed by atoms with Crippen molar-refractivity contribution in [1.82, 2.24) is 23.1 Å². The summed E-state index contributed by atoms with van der Waals surface area (Å²) in [5, 5.41) is 0. The molecule has 0 spiro atoms. The number of hydrogen-bond acceptors (Lipinski definition) is 3. The Kier molecular flexibility index (Phi) is 3.85. The van der Waals surface area contributed by atoms with Crippen LogP contribution in [0.3, 0.4) is 0 Å². The van der Waals surface area contributed by atoms with Crippen molar-refractivity contribution in [2.75, 3.05) is 0 Å². The van der Waals surface area contributed by atoms with Gasteiger partial charge in [-0.1, -0.05) is 46.3 Å². The van der Waals surface area contributed by atoms with Gasteiger partial charge in [0.1, 0.15) is 0 Å². The maximum Gasteiger partial charge on any atom is 0.332 e. The number of fused-ring (bicyclic) bond motifs is 3. The van der Waals surface area contributed by atoms with E-state index >= 15 is 0 Å². The average Bonchev–Trinajstić information content (AvgIpc) is 3.28. The van der Waals surface area contributed by atoms with Crippen molar-refractivity contribution < 1.29 is 0 Å². The second-order valence-electron chi connectivity index (χ2n) is 6.85. The molecule has 144 valence electrons. The number of aromatic nitrogens is 5. The second-order valence-corrected chi connectivity index (χ2v) is 7.77. The fraction of sp³-hybridized carbons (Fsp3) is 0.0952. The van der Waals surface area contributed by atoms with Gasteiger partial charge in [0.25, 0.3) is 5.56 Å². The number of benzene rings is 2. The third-order valence-electron chi connectivity index (χ3n) is 5.12. The van der Waals surface area contributed by atoms with E-state index in [2.05, 4.69) is 20.9 Å². The van der Waals surface area contributed by atoms with Crippen molar-refractivity contribution in [2.24, 2.45) is 14.1 Å². The van der Waals surface area contributed by atoms with Gasteiger partial charge < -0.3 is 0 Å². The Hall–Kier alpha value is -3.39. The fourth-order valence-electron chi connectivity index (χ4n) is 3.63. The van der Waals surface area contributed by atoms with Gasteiger partial charge in [-0.15, -0.1) is 0 Å². The van der Waals surface area contributed by atoms with E-state index in [9.17, 15) is 9.59 Å². The van der Waals surface area contributed by atoms with Gasteiger partial charge in [0.05, 0.1) is 5.69 Å². The lowest BCUT2D eigenvalue weighted by Crippen LogP contribution is -2.37. The molecule has 0 bridgehead atoms. The zero-order valence-corrected chi connectivity index (χ0v) is 17.3. The van der Waals surface area contributed by atoms with Gasteiger partial charge >= 0.3 is 5.69 Å². The number of imidazole rings is 2. The Morgan fingerprint density at radius 3 is 2.28 bits per heavy atom. The first-order valence-corrected chi connectivity index (χ1v) is 9.77. The van der Waals surface area contributed by atoms with Gasteiger partial charge in [0.15, 0.2) is 11.2 Å². The lowest BCUT2D eigenvalue weighted by Gasteiger charge is -2.09. The van der Waals surface area contributed by atoms with Crippen LogP contribution >= 0.6 is 15.9 Å². The summed E-state index contributed by atoms with van der Waals surface area (Å²) in [6.07, 6.45) is 1.90. The lowest BCUT2D eigenvalue weighted by molar-refractivity contribution is 0.708. The number of halogens is 1. The summed E-state index contributed by atoms with van der Waals surface area (Å²) in [6, 6.07) is 17.8. The Labute approximate surface area is 173 Å². The van der Waals surface area contributed by atoms with Crippen LogP contribution in [0.25, 0.3) is 33.9 Å². The van der Waals surface area contributed by atoms with Gasteiger partial charge in [-0.3, -0.25) is 22.9 Å². The molecule has 3 aromatic heterocycles. The molecule has 0 aliphatic carbocycles.